The lowest BCUT2D eigenvalue weighted by Crippen LogP contribution is -3.00. The molecule has 11 heteroatoms. The lowest BCUT2D eigenvalue weighted by atomic mass is 10.1. The maximum absolute atomic E-state index is 6.23. The molecule has 1 aliphatic heterocycles. The summed E-state index contributed by atoms with van der Waals surface area (Å²) < 4.78 is 14.5. The molecule has 0 atom stereocenters. The topological polar surface area (TPSA) is 88.1 Å². The Balaban J connectivity index is 0.00000417. The van der Waals surface area contributed by atoms with Gasteiger partial charge in [-0.1, -0.05) is 85.6 Å². The molecule has 2 N–H and O–H groups in total. The van der Waals surface area contributed by atoms with Gasteiger partial charge >= 0.3 is 0 Å². The molecule has 6 aromatic rings. The Morgan fingerprint density at radius 1 is 0.735 bits per heavy atom. The van der Waals surface area contributed by atoms with Crippen LogP contribution in [0.3, 0.4) is 0 Å². The van der Waals surface area contributed by atoms with E-state index < -0.39 is 7.26 Å². The average Bonchev–Trinajstić information content (AvgIpc) is 3.73. The molecule has 0 saturated carbocycles. The second kappa shape index (κ2) is 16.7. The number of nitrogen functional groups attached to an aromatic ring is 1. The highest BCUT2D eigenvalue weighted by Gasteiger charge is 2.44. The highest BCUT2D eigenvalue weighted by Crippen LogP contribution is 2.56. The molecule has 4 aromatic carbocycles. The second-order valence-corrected chi connectivity index (χ2v) is 17.7. The van der Waals surface area contributed by atoms with Crippen molar-refractivity contribution in [2.45, 2.75) is 55.1 Å². The second-order valence-electron chi connectivity index (χ2n) is 11.9. The van der Waals surface area contributed by atoms with E-state index in [4.69, 9.17) is 20.2 Å². The van der Waals surface area contributed by atoms with Gasteiger partial charge in [-0.25, -0.2) is 15.0 Å². The van der Waals surface area contributed by atoms with E-state index in [2.05, 4.69) is 128 Å². The third kappa shape index (κ3) is 7.77. The molecule has 7 nitrogen and oxygen atoms in total. The van der Waals surface area contributed by atoms with Gasteiger partial charge in [-0.05, 0) is 90.4 Å². The summed E-state index contributed by atoms with van der Waals surface area (Å²) in [6.07, 6.45) is 9.71. The molecule has 1 aliphatic rings. The Labute approximate surface area is 316 Å². The Morgan fingerprint density at radius 3 is 1.90 bits per heavy atom. The van der Waals surface area contributed by atoms with Gasteiger partial charge in [0.1, 0.15) is 29.5 Å². The number of benzene rings is 4. The number of hydrogen-bond donors (Lipinski definition) is 1. The van der Waals surface area contributed by atoms with Gasteiger partial charge in [-0.3, -0.25) is 0 Å². The summed E-state index contributed by atoms with van der Waals surface area (Å²) in [5.41, 5.74) is 7.66. The minimum atomic E-state index is -1.77. The first kappa shape index (κ1) is 35.6. The summed E-state index contributed by atoms with van der Waals surface area (Å²) in [6.45, 7) is 1.07. The van der Waals surface area contributed by atoms with Gasteiger partial charge in [-0.2, -0.15) is 0 Å². The fraction of sp³-hybridized carbons (Fsp3) is 0.237. The quantitative estimate of drug-likeness (QED) is 0.0913. The fourth-order valence-corrected chi connectivity index (χ4v) is 12.6. The van der Waals surface area contributed by atoms with Crippen molar-refractivity contribution in [3.63, 3.8) is 0 Å². The van der Waals surface area contributed by atoms with E-state index in [1.165, 1.54) is 54.1 Å². The zero-order valence-electron chi connectivity index (χ0n) is 27.1. The first-order valence-electron chi connectivity index (χ1n) is 16.4. The summed E-state index contributed by atoms with van der Waals surface area (Å²) in [5.74, 6) is 1.94. The third-order valence-corrected chi connectivity index (χ3v) is 15.7. The Hall–Kier alpha value is -3.18. The van der Waals surface area contributed by atoms with Crippen LogP contribution in [-0.4, -0.2) is 32.5 Å². The van der Waals surface area contributed by atoms with E-state index in [-0.39, 0.29) is 23.8 Å². The van der Waals surface area contributed by atoms with E-state index in [9.17, 15) is 0 Å². The van der Waals surface area contributed by atoms with E-state index in [1.54, 1.807) is 11.8 Å². The van der Waals surface area contributed by atoms with Crippen LogP contribution >= 0.6 is 41.6 Å². The monoisotopic (exact) mass is 865 g/mol. The Kier molecular flexibility index (Phi) is 12.1. The number of ether oxygens (including phenoxy) is 2. The van der Waals surface area contributed by atoms with Crippen LogP contribution in [-0.2, 0) is 6.54 Å². The largest absolute Gasteiger partial charge is 1.00 e. The van der Waals surface area contributed by atoms with Crippen molar-refractivity contribution in [3.05, 3.63) is 113 Å². The van der Waals surface area contributed by atoms with Gasteiger partial charge < -0.3 is 36.8 Å². The highest BCUT2D eigenvalue weighted by atomic mass is 127. The number of fused-ring (bicyclic) bond motifs is 2. The molecule has 0 fully saturated rings. The van der Waals surface area contributed by atoms with Crippen LogP contribution in [0, 0.1) is 3.57 Å². The zero-order valence-corrected chi connectivity index (χ0v) is 32.5. The number of anilines is 1. The maximum Gasteiger partial charge on any atom is 0.231 e. The number of rotatable bonds is 14. The minimum absolute atomic E-state index is 0. The van der Waals surface area contributed by atoms with Gasteiger partial charge in [0.05, 0.1) is 6.16 Å². The lowest BCUT2D eigenvalue weighted by molar-refractivity contribution is -0.0000110. The van der Waals surface area contributed by atoms with Crippen LogP contribution in [0.2, 0.25) is 0 Å². The van der Waals surface area contributed by atoms with Gasteiger partial charge in [0.25, 0.3) is 0 Å². The van der Waals surface area contributed by atoms with Crippen LogP contribution in [0.15, 0.2) is 120 Å². The van der Waals surface area contributed by atoms with E-state index >= 15 is 0 Å². The van der Waals surface area contributed by atoms with Crippen LogP contribution in [0.5, 0.6) is 11.5 Å². The normalized spacial score (nSPS) is 12.3. The molecule has 0 aliphatic carbocycles. The Morgan fingerprint density at radius 2 is 1.29 bits per heavy atom. The van der Waals surface area contributed by atoms with Crippen molar-refractivity contribution in [2.24, 2.45) is 0 Å². The molecule has 7 rings (SSSR count). The molecule has 0 unspecified atom stereocenters. The SMILES string of the molecule is Nc1ncnc2c1nc(Sc1cc3c(cc1I)OCO3)n2CCCCCCCC[P+](c1ccccc1)(c1ccccc1)c1ccccc1.[Br-]. The van der Waals surface area contributed by atoms with Crippen LogP contribution in [0.25, 0.3) is 11.2 Å². The Bertz CT molecular complexity index is 1890. The summed E-state index contributed by atoms with van der Waals surface area (Å²) in [6, 6.07) is 37.6. The van der Waals surface area contributed by atoms with Crippen LogP contribution in [0.4, 0.5) is 5.82 Å². The van der Waals surface area contributed by atoms with Crippen molar-refractivity contribution < 1.29 is 26.5 Å². The van der Waals surface area contributed by atoms with E-state index in [0.717, 1.165) is 50.2 Å². The van der Waals surface area contributed by atoms with Crippen molar-refractivity contribution in [1.29, 1.82) is 0 Å². The van der Waals surface area contributed by atoms with Crippen molar-refractivity contribution >= 4 is 74.5 Å². The lowest BCUT2D eigenvalue weighted by Gasteiger charge is -2.27. The van der Waals surface area contributed by atoms with Crippen molar-refractivity contribution in [2.75, 3.05) is 18.7 Å². The molecule has 0 saturated heterocycles. The number of halogens is 2. The van der Waals surface area contributed by atoms with Gasteiger partial charge in [0.15, 0.2) is 33.6 Å². The maximum atomic E-state index is 6.23. The number of nitrogens with zero attached hydrogens (tertiary/aromatic N) is 4. The predicted octanol–water partition coefficient (Wildman–Crippen LogP) is 5.23. The number of aromatic nitrogens is 4. The van der Waals surface area contributed by atoms with Crippen LogP contribution < -0.4 is 48.1 Å². The predicted molar refractivity (Wildman–Crippen MR) is 207 cm³/mol. The smallest absolute Gasteiger partial charge is 0.231 e. The number of hydrogen-bond acceptors (Lipinski definition) is 7. The average molecular weight is 867 g/mol. The molecule has 0 spiro atoms. The molecular formula is C38H38BrIN5O2PS. The fourth-order valence-electron chi connectivity index (χ4n) is 6.50. The number of aryl methyl sites for hydroxylation is 1. The van der Waals surface area contributed by atoms with E-state index in [1.807, 2.05) is 12.1 Å². The highest BCUT2D eigenvalue weighted by molar-refractivity contribution is 14.1. The third-order valence-electron chi connectivity index (χ3n) is 8.87. The first-order valence-corrected chi connectivity index (χ1v) is 20.3. The standard InChI is InChI=1S/C38H38IN5O2PS.BrH/c39-31-24-32-33(46-27-45-32)25-34(31)48-38-43-35-36(40)41-26-42-37(35)44(38)22-14-3-1-2-4-15-23-47(28-16-8-5-9-17-28,29-18-10-6-11-19-29)30-20-12-7-13-21-30;/h5-13,16-21,24-26H,1-4,14-15,22-23,27H2,(H2,40,41,42);1H/q+1;/p-1. The number of unbranched alkanes of at least 4 members (excludes halogenated alkanes) is 5. The molecule has 0 radical (unpaired) electrons. The number of imidazole rings is 1. The molecule has 49 heavy (non-hydrogen) atoms. The molecular weight excluding hydrogens is 828 g/mol. The summed E-state index contributed by atoms with van der Waals surface area (Å²) in [5, 5.41) is 5.24. The van der Waals surface area contributed by atoms with Gasteiger partial charge in [-0.15, -0.1) is 0 Å². The van der Waals surface area contributed by atoms with Gasteiger partial charge in [0.2, 0.25) is 6.79 Å². The zero-order chi connectivity index (χ0) is 32.8. The minimum Gasteiger partial charge on any atom is -1.00 e. The molecule has 0 bridgehead atoms. The summed E-state index contributed by atoms with van der Waals surface area (Å²) >= 11 is 3.94. The van der Waals surface area contributed by atoms with Crippen LogP contribution in [0.1, 0.15) is 38.5 Å². The number of nitrogens with two attached hydrogens (primary N) is 1. The molecule has 3 heterocycles. The molecule has 2 aromatic heterocycles. The van der Waals surface area contributed by atoms with Crippen molar-refractivity contribution in [1.82, 2.24) is 19.5 Å². The summed E-state index contributed by atoms with van der Waals surface area (Å²) in [7, 11) is -1.77. The molecule has 252 valence electrons. The molecule has 0 amide bonds. The van der Waals surface area contributed by atoms with Crippen molar-refractivity contribution in [3.8, 4) is 11.5 Å². The van der Waals surface area contributed by atoms with E-state index in [0.29, 0.717) is 11.3 Å². The van der Waals surface area contributed by atoms with Gasteiger partial charge in [0, 0.05) is 15.0 Å². The first-order chi connectivity index (χ1) is 23.6. The summed E-state index contributed by atoms with van der Waals surface area (Å²) in [4.78, 5) is 14.7.